The van der Waals surface area contributed by atoms with Gasteiger partial charge in [0.05, 0.1) is 30.5 Å². The van der Waals surface area contributed by atoms with Gasteiger partial charge in [-0.25, -0.2) is 0 Å². The Morgan fingerprint density at radius 2 is 1.71 bits per heavy atom. The molecule has 1 unspecified atom stereocenters. The minimum Gasteiger partial charge on any atom is -0.480 e. The first-order chi connectivity index (χ1) is 27.5. The highest BCUT2D eigenvalue weighted by Crippen LogP contribution is 2.59. The summed E-state index contributed by atoms with van der Waals surface area (Å²) < 4.78 is 35.2. The number of thioether (sulfide) groups is 1. The van der Waals surface area contributed by atoms with Crippen molar-refractivity contribution < 1.29 is 48.9 Å². The molecule has 7 bridgehead atoms. The molecule has 16 atom stereocenters. The van der Waals surface area contributed by atoms with Crippen molar-refractivity contribution in [1.29, 1.82) is 0 Å². The molecule has 0 aromatic rings. The number of hydrogen-bond donors (Lipinski definition) is 5. The van der Waals surface area contributed by atoms with Crippen molar-refractivity contribution in [1.82, 2.24) is 0 Å². The third-order valence-electron chi connectivity index (χ3n) is 15.7. The molecule has 12 nitrogen and oxygen atoms in total. The van der Waals surface area contributed by atoms with Gasteiger partial charge in [0.1, 0.15) is 17.7 Å². The molecular weight excluding hydrogens is 761 g/mol. The Kier molecular flexibility index (Phi) is 12.2. The standard InChI is InChI=1S/C45H70N2O10S/c1-26-8-6-10-36-42(20-27(2)29(4)23-47-36)15-11-30(35(48)25-58-24-34(46)40(50)51)19-33(42)38-39-37(49)28(3)21-44(55-38,56-39)22-32-9-7-13-43(53-32)16-17-45(57-43)41(5,52)14-12-31(18-26)54-45/h19,27-29,31-35,37-39,48-49,52H,1,6-18,20-25,46H2,2-5H3,(H,50,51)/t27-,28+,29-,31-,32?,33+,34-,35-,37-,38+,39-,41+,42-,43+,44+,45-/m1/s1. The van der Waals surface area contributed by atoms with E-state index in [1.807, 2.05) is 6.92 Å². The summed E-state index contributed by atoms with van der Waals surface area (Å²) in [6.07, 6.45) is 10.8. The molecular formula is C45H70N2O10S. The number of carbonyl (C=O) groups is 1. The van der Waals surface area contributed by atoms with Crippen LogP contribution in [-0.2, 0) is 28.5 Å². The van der Waals surface area contributed by atoms with Crippen LogP contribution in [0.25, 0.3) is 0 Å². The molecule has 13 heteroatoms. The number of carboxylic acids is 1. The third-order valence-corrected chi connectivity index (χ3v) is 16.9. The number of nitrogens with two attached hydrogens (primary N) is 1. The van der Waals surface area contributed by atoms with Crippen LogP contribution in [0.3, 0.4) is 0 Å². The molecule has 8 rings (SSSR count). The summed E-state index contributed by atoms with van der Waals surface area (Å²) in [6, 6.07) is -0.995. The van der Waals surface area contributed by atoms with Crippen LogP contribution in [0.2, 0.25) is 0 Å². The summed E-state index contributed by atoms with van der Waals surface area (Å²) in [5.41, 5.74) is 7.50. The first-order valence-corrected chi connectivity index (χ1v) is 23.6. The van der Waals surface area contributed by atoms with Crippen molar-refractivity contribution in [2.45, 2.75) is 196 Å². The Bertz CT molecular complexity index is 1620. The minimum atomic E-state index is -1.16. The van der Waals surface area contributed by atoms with Gasteiger partial charge >= 0.3 is 5.97 Å². The maximum Gasteiger partial charge on any atom is 0.321 e. The largest absolute Gasteiger partial charge is 0.480 e. The van der Waals surface area contributed by atoms with Gasteiger partial charge in [-0.3, -0.25) is 9.79 Å². The molecule has 0 aromatic carbocycles. The Labute approximate surface area is 349 Å². The Hall–Kier alpha value is -1.39. The lowest BCUT2D eigenvalue weighted by molar-refractivity contribution is -0.403. The van der Waals surface area contributed by atoms with Crippen LogP contribution in [-0.4, -0.2) is 116 Å². The average molecular weight is 831 g/mol. The van der Waals surface area contributed by atoms with E-state index < -0.39 is 59.4 Å². The van der Waals surface area contributed by atoms with Gasteiger partial charge in [0.15, 0.2) is 11.6 Å². The van der Waals surface area contributed by atoms with Crippen LogP contribution in [0.5, 0.6) is 0 Å². The molecule has 6 saturated heterocycles. The van der Waals surface area contributed by atoms with E-state index in [1.165, 1.54) is 17.5 Å². The Morgan fingerprint density at radius 3 is 2.50 bits per heavy atom. The van der Waals surface area contributed by atoms with E-state index >= 15 is 0 Å². The molecule has 4 spiro atoms. The highest BCUT2D eigenvalue weighted by molar-refractivity contribution is 7.99. The molecule has 8 aliphatic rings. The Morgan fingerprint density at radius 1 is 0.914 bits per heavy atom. The second kappa shape index (κ2) is 16.4. The van der Waals surface area contributed by atoms with E-state index in [2.05, 4.69) is 33.4 Å². The number of aliphatic carboxylic acids is 1. The number of hydrogen-bond acceptors (Lipinski definition) is 12. The number of aliphatic imine (C=N–C) groups is 1. The number of fused-ring (bicyclic) bond motifs is 6. The van der Waals surface area contributed by atoms with E-state index in [-0.39, 0.29) is 35.2 Å². The van der Waals surface area contributed by atoms with E-state index in [4.69, 9.17) is 34.4 Å². The summed E-state index contributed by atoms with van der Waals surface area (Å²) in [5.74, 6) is -3.07. The minimum absolute atomic E-state index is 0.0801. The van der Waals surface area contributed by atoms with Crippen LogP contribution in [0.1, 0.15) is 130 Å². The Balaban J connectivity index is 1.18. The molecule has 1 aliphatic carbocycles. The SMILES string of the molecule is C=C1CCCC2=NC[C@@H](C)[C@H](C)C[C@@]23CCC([C@H](O)CSC[C@@H](N)C(=O)O)=C[C@H]3[C@@H]2O[C@@]3(CC4CCC[C@]5(CC[C@@]6(O[C@H](CC[C@]6(C)O)C1)O5)O4)C[C@H](C)[C@@H](O)[C@H]2O3. The summed E-state index contributed by atoms with van der Waals surface area (Å²) in [4.78, 5) is 16.9. The van der Waals surface area contributed by atoms with E-state index in [0.717, 1.165) is 75.5 Å². The molecule has 0 amide bonds. The summed E-state index contributed by atoms with van der Waals surface area (Å²) in [7, 11) is 0. The molecule has 7 aliphatic heterocycles. The van der Waals surface area contributed by atoms with Crippen LogP contribution in [0, 0.1) is 29.1 Å². The van der Waals surface area contributed by atoms with Crippen molar-refractivity contribution in [3.8, 4) is 0 Å². The molecule has 0 aromatic heterocycles. The highest BCUT2D eigenvalue weighted by Gasteiger charge is 2.66. The highest BCUT2D eigenvalue weighted by atomic mass is 32.2. The molecule has 326 valence electrons. The fraction of sp³-hybridized carbons (Fsp3) is 0.867. The average Bonchev–Trinajstić information content (AvgIpc) is 3.65. The van der Waals surface area contributed by atoms with Gasteiger partial charge < -0.3 is 49.8 Å². The second-order valence-electron chi connectivity index (χ2n) is 20.1. The lowest BCUT2D eigenvalue weighted by atomic mass is 9.57. The molecule has 0 radical (unpaired) electrons. The molecule has 58 heavy (non-hydrogen) atoms. The predicted molar refractivity (Wildman–Crippen MR) is 221 cm³/mol. The van der Waals surface area contributed by atoms with Crippen molar-refractivity contribution in [3.05, 3.63) is 23.8 Å². The van der Waals surface area contributed by atoms with Crippen LogP contribution >= 0.6 is 11.8 Å². The molecule has 0 saturated carbocycles. The fourth-order valence-corrected chi connectivity index (χ4v) is 13.1. The lowest BCUT2D eigenvalue weighted by Crippen LogP contribution is -2.60. The van der Waals surface area contributed by atoms with Crippen molar-refractivity contribution in [2.75, 3.05) is 18.1 Å². The number of aliphatic hydroxyl groups excluding tert-OH is 2. The van der Waals surface area contributed by atoms with Gasteiger partial charge in [0, 0.05) is 67.2 Å². The molecule has 7 heterocycles. The maximum atomic E-state index is 12.0. The number of aliphatic hydroxyl groups is 3. The van der Waals surface area contributed by atoms with Crippen LogP contribution in [0.15, 0.2) is 28.8 Å². The lowest BCUT2D eigenvalue weighted by Gasteiger charge is -2.50. The number of nitrogens with zero attached hydrogens (tertiary/aromatic N) is 1. The number of ether oxygens (including phenoxy) is 5. The van der Waals surface area contributed by atoms with Gasteiger partial charge in [-0.2, -0.15) is 11.8 Å². The van der Waals surface area contributed by atoms with Gasteiger partial charge in [-0.15, -0.1) is 0 Å². The van der Waals surface area contributed by atoms with Crippen LogP contribution < -0.4 is 5.73 Å². The zero-order valence-electron chi connectivity index (χ0n) is 35.2. The number of carboxylic acid groups (broad SMARTS) is 1. The normalized spacial score (nSPS) is 48.1. The zero-order chi connectivity index (χ0) is 41.3. The van der Waals surface area contributed by atoms with Gasteiger partial charge in [0.2, 0.25) is 5.79 Å². The summed E-state index contributed by atoms with van der Waals surface area (Å²) in [6.45, 7) is 13.9. The monoisotopic (exact) mass is 830 g/mol. The van der Waals surface area contributed by atoms with Gasteiger partial charge in [-0.1, -0.05) is 39.0 Å². The predicted octanol–water partition coefficient (Wildman–Crippen LogP) is 6.04. The first-order valence-electron chi connectivity index (χ1n) is 22.4. The van der Waals surface area contributed by atoms with Crippen molar-refractivity contribution in [2.24, 2.45) is 39.8 Å². The quantitative estimate of drug-likeness (QED) is 0.196. The van der Waals surface area contributed by atoms with E-state index in [1.54, 1.807) is 0 Å². The molecule has 6 N–H and O–H groups in total. The van der Waals surface area contributed by atoms with E-state index in [0.29, 0.717) is 62.5 Å². The smallest absolute Gasteiger partial charge is 0.321 e. The number of rotatable bonds is 6. The maximum absolute atomic E-state index is 12.0. The topological polar surface area (TPSA) is 183 Å². The molecule has 6 fully saturated rings. The summed E-state index contributed by atoms with van der Waals surface area (Å²) in [5, 5.41) is 44.8. The zero-order valence-corrected chi connectivity index (χ0v) is 36.1. The summed E-state index contributed by atoms with van der Waals surface area (Å²) >= 11 is 1.35. The second-order valence-corrected chi connectivity index (χ2v) is 21.2. The first kappa shape index (κ1) is 43.3. The van der Waals surface area contributed by atoms with Crippen molar-refractivity contribution in [3.63, 3.8) is 0 Å². The third kappa shape index (κ3) is 8.05. The van der Waals surface area contributed by atoms with Crippen LogP contribution in [0.4, 0.5) is 0 Å². The van der Waals surface area contributed by atoms with Gasteiger partial charge in [-0.05, 0) is 101 Å². The van der Waals surface area contributed by atoms with E-state index in [9.17, 15) is 25.2 Å². The van der Waals surface area contributed by atoms with Gasteiger partial charge in [0.25, 0.3) is 0 Å². The van der Waals surface area contributed by atoms with Crippen molar-refractivity contribution >= 4 is 23.4 Å². The fourth-order valence-electron chi connectivity index (χ4n) is 12.1.